The van der Waals surface area contributed by atoms with Crippen LogP contribution in [0.2, 0.25) is 0 Å². The SMILES string of the molecule is C[C@@H]1c2ncc(COCC(=O)N3CCCC3)n2CCN1S(C)(=O)=O. The summed E-state index contributed by atoms with van der Waals surface area (Å²) < 4.78 is 32.6. The van der Waals surface area contributed by atoms with E-state index in [1.54, 1.807) is 6.20 Å². The number of carbonyl (C=O) groups is 1. The van der Waals surface area contributed by atoms with E-state index in [0.717, 1.165) is 37.4 Å². The van der Waals surface area contributed by atoms with E-state index in [1.807, 2.05) is 16.4 Å². The molecule has 3 heterocycles. The second-order valence-corrected chi connectivity index (χ2v) is 8.32. The fraction of sp³-hybridized carbons (Fsp3) is 0.733. The Balaban J connectivity index is 1.60. The number of sulfonamides is 1. The van der Waals surface area contributed by atoms with E-state index >= 15 is 0 Å². The van der Waals surface area contributed by atoms with Crippen molar-refractivity contribution in [3.8, 4) is 0 Å². The summed E-state index contributed by atoms with van der Waals surface area (Å²) in [5, 5.41) is 0. The van der Waals surface area contributed by atoms with Crippen molar-refractivity contribution in [3.63, 3.8) is 0 Å². The fourth-order valence-electron chi connectivity index (χ4n) is 3.41. The molecule has 3 rings (SSSR count). The van der Waals surface area contributed by atoms with Gasteiger partial charge in [-0.15, -0.1) is 0 Å². The Morgan fingerprint density at radius 1 is 1.29 bits per heavy atom. The average molecular weight is 356 g/mol. The molecule has 8 nitrogen and oxygen atoms in total. The summed E-state index contributed by atoms with van der Waals surface area (Å²) in [4.78, 5) is 18.2. The van der Waals surface area contributed by atoms with E-state index in [0.29, 0.717) is 19.7 Å². The number of likely N-dealkylation sites (tertiary alicyclic amines) is 1. The van der Waals surface area contributed by atoms with Crippen LogP contribution in [-0.4, -0.2) is 65.6 Å². The Hall–Kier alpha value is -1.45. The average Bonchev–Trinajstić information content (AvgIpc) is 3.16. The van der Waals surface area contributed by atoms with Gasteiger partial charge in [-0.3, -0.25) is 4.79 Å². The molecule has 1 amide bonds. The summed E-state index contributed by atoms with van der Waals surface area (Å²) in [6.45, 7) is 4.82. The van der Waals surface area contributed by atoms with Gasteiger partial charge in [0.05, 0.1) is 30.8 Å². The van der Waals surface area contributed by atoms with Crippen LogP contribution in [0.5, 0.6) is 0 Å². The van der Waals surface area contributed by atoms with Crippen molar-refractivity contribution in [1.82, 2.24) is 18.8 Å². The van der Waals surface area contributed by atoms with Crippen LogP contribution in [-0.2, 0) is 32.7 Å². The minimum atomic E-state index is -3.25. The molecule has 1 atom stereocenters. The maximum Gasteiger partial charge on any atom is 0.248 e. The quantitative estimate of drug-likeness (QED) is 0.760. The van der Waals surface area contributed by atoms with Crippen LogP contribution in [0.25, 0.3) is 0 Å². The highest BCUT2D eigenvalue weighted by molar-refractivity contribution is 7.88. The summed E-state index contributed by atoms with van der Waals surface area (Å²) >= 11 is 0. The molecule has 1 fully saturated rings. The van der Waals surface area contributed by atoms with Crippen molar-refractivity contribution < 1.29 is 17.9 Å². The second-order valence-electron chi connectivity index (χ2n) is 6.39. The summed E-state index contributed by atoms with van der Waals surface area (Å²) in [5.74, 6) is 0.749. The number of hydrogen-bond donors (Lipinski definition) is 0. The van der Waals surface area contributed by atoms with Gasteiger partial charge in [0, 0.05) is 26.2 Å². The third-order valence-corrected chi connectivity index (χ3v) is 6.03. The molecule has 0 saturated carbocycles. The number of aromatic nitrogens is 2. The minimum absolute atomic E-state index is 0.0301. The van der Waals surface area contributed by atoms with Crippen molar-refractivity contribution in [1.29, 1.82) is 0 Å². The zero-order chi connectivity index (χ0) is 17.3. The number of amides is 1. The van der Waals surface area contributed by atoms with Gasteiger partial charge in [0.2, 0.25) is 15.9 Å². The van der Waals surface area contributed by atoms with Gasteiger partial charge in [-0.25, -0.2) is 13.4 Å². The standard InChI is InChI=1S/C15H24N4O4S/c1-12-15-16-9-13(18(15)7-8-19(12)24(2,21)22)10-23-11-14(20)17-5-3-4-6-17/h9,12H,3-8,10-11H2,1-2H3/t12-/m1/s1. The smallest absolute Gasteiger partial charge is 0.248 e. The lowest BCUT2D eigenvalue weighted by atomic mass is 10.2. The van der Waals surface area contributed by atoms with Crippen LogP contribution in [0, 0.1) is 0 Å². The van der Waals surface area contributed by atoms with Crippen LogP contribution in [0.3, 0.4) is 0 Å². The predicted octanol–water partition coefficient (Wildman–Crippen LogP) is 0.358. The maximum atomic E-state index is 12.0. The molecule has 0 radical (unpaired) electrons. The molecule has 0 bridgehead atoms. The Morgan fingerprint density at radius 2 is 2.00 bits per heavy atom. The Bertz CT molecular complexity index is 709. The first kappa shape index (κ1) is 17.4. The first-order valence-electron chi connectivity index (χ1n) is 8.24. The molecule has 2 aliphatic rings. The summed E-state index contributed by atoms with van der Waals surface area (Å²) in [5.41, 5.74) is 0.874. The lowest BCUT2D eigenvalue weighted by Crippen LogP contribution is -2.41. The lowest BCUT2D eigenvalue weighted by Gasteiger charge is -2.32. The first-order valence-corrected chi connectivity index (χ1v) is 10.1. The van der Waals surface area contributed by atoms with Gasteiger partial charge in [0.25, 0.3) is 0 Å². The maximum absolute atomic E-state index is 12.0. The van der Waals surface area contributed by atoms with E-state index in [2.05, 4.69) is 4.98 Å². The molecule has 2 aliphatic heterocycles. The topological polar surface area (TPSA) is 84.7 Å². The lowest BCUT2D eigenvalue weighted by molar-refractivity contribution is -0.135. The van der Waals surface area contributed by atoms with Gasteiger partial charge >= 0.3 is 0 Å². The van der Waals surface area contributed by atoms with Crippen molar-refractivity contribution in [2.75, 3.05) is 32.5 Å². The molecule has 1 aromatic rings. The van der Waals surface area contributed by atoms with Gasteiger partial charge in [-0.05, 0) is 19.8 Å². The third kappa shape index (κ3) is 3.47. The molecule has 0 unspecified atom stereocenters. The number of carbonyl (C=O) groups excluding carboxylic acids is 1. The van der Waals surface area contributed by atoms with Gasteiger partial charge in [0.15, 0.2) is 0 Å². The molecule has 24 heavy (non-hydrogen) atoms. The monoisotopic (exact) mass is 356 g/mol. The van der Waals surface area contributed by atoms with Crippen LogP contribution < -0.4 is 0 Å². The molecule has 0 aromatic carbocycles. The van der Waals surface area contributed by atoms with Crippen LogP contribution in [0.15, 0.2) is 6.20 Å². The molecular weight excluding hydrogens is 332 g/mol. The third-order valence-electron chi connectivity index (χ3n) is 4.68. The summed E-state index contributed by atoms with van der Waals surface area (Å²) in [6.07, 6.45) is 5.06. The highest BCUT2D eigenvalue weighted by atomic mass is 32.2. The van der Waals surface area contributed by atoms with Crippen molar-refractivity contribution in [3.05, 3.63) is 17.7 Å². The molecular formula is C15H24N4O4S. The molecule has 0 N–H and O–H groups in total. The largest absolute Gasteiger partial charge is 0.365 e. The van der Waals surface area contributed by atoms with Crippen molar-refractivity contribution in [2.24, 2.45) is 0 Å². The number of nitrogens with zero attached hydrogens (tertiary/aromatic N) is 4. The molecule has 0 aliphatic carbocycles. The van der Waals surface area contributed by atoms with Gasteiger partial charge in [-0.2, -0.15) is 4.31 Å². The normalized spacial score (nSPS) is 21.9. The minimum Gasteiger partial charge on any atom is -0.365 e. The summed E-state index contributed by atoms with van der Waals surface area (Å²) in [6, 6.07) is -0.297. The fourth-order valence-corrected chi connectivity index (χ4v) is 4.49. The number of imidazole rings is 1. The van der Waals surface area contributed by atoms with E-state index in [9.17, 15) is 13.2 Å². The molecule has 1 saturated heterocycles. The van der Waals surface area contributed by atoms with E-state index in [4.69, 9.17) is 4.74 Å². The number of hydrogen-bond acceptors (Lipinski definition) is 5. The van der Waals surface area contributed by atoms with E-state index in [1.165, 1.54) is 10.6 Å². The van der Waals surface area contributed by atoms with Crippen LogP contribution in [0.4, 0.5) is 0 Å². The zero-order valence-corrected chi connectivity index (χ0v) is 15.0. The van der Waals surface area contributed by atoms with Crippen molar-refractivity contribution >= 4 is 15.9 Å². The van der Waals surface area contributed by atoms with Crippen molar-refractivity contribution in [2.45, 2.75) is 39.0 Å². The second kappa shape index (κ2) is 6.81. The summed E-state index contributed by atoms with van der Waals surface area (Å²) in [7, 11) is -3.25. The highest BCUT2D eigenvalue weighted by Gasteiger charge is 2.32. The van der Waals surface area contributed by atoms with Gasteiger partial charge in [0.1, 0.15) is 12.4 Å². The Labute approximate surface area is 142 Å². The van der Waals surface area contributed by atoms with Gasteiger partial charge in [-0.1, -0.05) is 0 Å². The molecule has 0 spiro atoms. The number of ether oxygens (including phenoxy) is 1. The van der Waals surface area contributed by atoms with E-state index < -0.39 is 10.0 Å². The van der Waals surface area contributed by atoms with E-state index in [-0.39, 0.29) is 18.6 Å². The van der Waals surface area contributed by atoms with Crippen LogP contribution in [0.1, 0.15) is 37.3 Å². The number of rotatable bonds is 5. The molecule has 9 heteroatoms. The number of fused-ring (bicyclic) bond motifs is 1. The first-order chi connectivity index (χ1) is 11.4. The molecule has 1 aromatic heterocycles. The predicted molar refractivity (Wildman–Crippen MR) is 87.7 cm³/mol. The van der Waals surface area contributed by atoms with Gasteiger partial charge < -0.3 is 14.2 Å². The highest BCUT2D eigenvalue weighted by Crippen LogP contribution is 2.27. The Kier molecular flexibility index (Phi) is 4.93. The Morgan fingerprint density at radius 3 is 2.67 bits per heavy atom. The van der Waals surface area contributed by atoms with Crippen LogP contribution >= 0.6 is 0 Å². The zero-order valence-electron chi connectivity index (χ0n) is 14.1. The molecule has 134 valence electrons.